The van der Waals surface area contributed by atoms with Crippen LogP contribution in [0, 0.1) is 0 Å². The van der Waals surface area contributed by atoms with E-state index in [4.69, 9.17) is 9.26 Å². The van der Waals surface area contributed by atoms with Gasteiger partial charge in [0.15, 0.2) is 11.5 Å². The lowest BCUT2D eigenvalue weighted by Crippen LogP contribution is -2.46. The van der Waals surface area contributed by atoms with Gasteiger partial charge in [0.25, 0.3) is 5.89 Å². The molecule has 0 fully saturated rings. The van der Waals surface area contributed by atoms with Crippen molar-refractivity contribution in [2.75, 3.05) is 12.0 Å². The number of urea groups is 1. The summed E-state index contributed by atoms with van der Waals surface area (Å²) in [6.45, 7) is 1.84. The van der Waals surface area contributed by atoms with Gasteiger partial charge < -0.3 is 19.7 Å². The van der Waals surface area contributed by atoms with Gasteiger partial charge in [-0.2, -0.15) is 4.98 Å². The van der Waals surface area contributed by atoms with E-state index in [0.29, 0.717) is 34.1 Å². The first-order chi connectivity index (χ1) is 16.6. The first kappa shape index (κ1) is 21.3. The average molecular weight is 454 g/mol. The Kier molecular flexibility index (Phi) is 5.47. The summed E-state index contributed by atoms with van der Waals surface area (Å²) in [5, 5.41) is 17.6. The van der Waals surface area contributed by atoms with E-state index < -0.39 is 6.04 Å². The molecule has 1 aliphatic rings. The molecule has 0 spiro atoms. The van der Waals surface area contributed by atoms with E-state index in [2.05, 4.69) is 15.5 Å². The van der Waals surface area contributed by atoms with E-state index in [1.54, 1.807) is 23.1 Å². The Balaban J connectivity index is 1.66. The summed E-state index contributed by atoms with van der Waals surface area (Å²) >= 11 is 0. The molecule has 1 aromatic heterocycles. The molecule has 0 radical (unpaired) electrons. The number of ether oxygens (including phenoxy) is 1. The minimum absolute atomic E-state index is 0.0350. The normalized spacial score (nSPS) is 15.9. The molecule has 1 atom stereocenters. The van der Waals surface area contributed by atoms with E-state index in [1.807, 2.05) is 67.6 Å². The Morgan fingerprint density at radius 2 is 1.74 bits per heavy atom. The number of hydrogen-bond acceptors (Lipinski definition) is 6. The summed E-state index contributed by atoms with van der Waals surface area (Å²) in [5.74, 6) is 1.02. The maximum absolute atomic E-state index is 13.2. The van der Waals surface area contributed by atoms with E-state index >= 15 is 0 Å². The van der Waals surface area contributed by atoms with Crippen LogP contribution < -0.4 is 15.0 Å². The third-order valence-corrected chi connectivity index (χ3v) is 5.72. The van der Waals surface area contributed by atoms with Gasteiger partial charge in [-0.15, -0.1) is 0 Å². The molecule has 2 heterocycles. The van der Waals surface area contributed by atoms with Gasteiger partial charge in [-0.25, -0.2) is 4.79 Å². The highest BCUT2D eigenvalue weighted by Gasteiger charge is 2.36. The number of carbonyl (C=O) groups excluding carboxylic acids is 1. The monoisotopic (exact) mass is 454 g/mol. The number of carbonyl (C=O) groups is 1. The van der Waals surface area contributed by atoms with Crippen LogP contribution in [0.5, 0.6) is 11.5 Å². The molecule has 3 aromatic carbocycles. The van der Waals surface area contributed by atoms with Crippen LogP contribution in [-0.4, -0.2) is 28.4 Å². The molecule has 2 N–H and O–H groups in total. The molecule has 1 aliphatic heterocycles. The van der Waals surface area contributed by atoms with E-state index in [0.717, 1.165) is 5.56 Å². The van der Waals surface area contributed by atoms with Crippen molar-refractivity contribution in [1.29, 1.82) is 0 Å². The second kappa shape index (κ2) is 8.74. The van der Waals surface area contributed by atoms with Crippen molar-refractivity contribution < 1.29 is 19.2 Å². The number of para-hydroxylation sites is 1. The molecule has 0 saturated carbocycles. The predicted molar refractivity (Wildman–Crippen MR) is 127 cm³/mol. The summed E-state index contributed by atoms with van der Waals surface area (Å²) in [6, 6.07) is 22.9. The van der Waals surface area contributed by atoms with Crippen LogP contribution in [0.2, 0.25) is 0 Å². The zero-order chi connectivity index (χ0) is 23.7. The molecule has 0 bridgehead atoms. The van der Waals surface area contributed by atoms with Crippen LogP contribution >= 0.6 is 0 Å². The lowest BCUT2D eigenvalue weighted by atomic mass is 9.94. The summed E-state index contributed by atoms with van der Waals surface area (Å²) in [6.07, 6.45) is 0. The number of anilines is 1. The second-order valence-corrected chi connectivity index (χ2v) is 7.77. The number of rotatable bonds is 5. The summed E-state index contributed by atoms with van der Waals surface area (Å²) in [5.41, 5.74) is 3.43. The molecule has 2 amide bonds. The number of aromatic nitrogens is 2. The van der Waals surface area contributed by atoms with Crippen molar-refractivity contribution in [2.45, 2.75) is 13.0 Å². The average Bonchev–Trinajstić information content (AvgIpc) is 3.34. The van der Waals surface area contributed by atoms with Crippen LogP contribution in [0.15, 0.2) is 89.1 Å². The highest BCUT2D eigenvalue weighted by atomic mass is 16.5. The Hall–Kier alpha value is -4.59. The fourth-order valence-corrected chi connectivity index (χ4v) is 4.08. The number of hydrogen-bond donors (Lipinski definition) is 2. The minimum atomic E-state index is -0.631. The molecule has 0 saturated heterocycles. The molecule has 8 nitrogen and oxygen atoms in total. The van der Waals surface area contributed by atoms with Crippen molar-refractivity contribution in [2.24, 2.45) is 0 Å². The van der Waals surface area contributed by atoms with Crippen molar-refractivity contribution in [1.82, 2.24) is 15.5 Å². The van der Waals surface area contributed by atoms with E-state index in [1.165, 1.54) is 7.11 Å². The number of allylic oxidation sites excluding steroid dienone is 1. The third-order valence-electron chi connectivity index (χ3n) is 5.72. The van der Waals surface area contributed by atoms with Gasteiger partial charge in [-0.1, -0.05) is 59.8 Å². The zero-order valence-electron chi connectivity index (χ0n) is 18.6. The van der Waals surface area contributed by atoms with Gasteiger partial charge in [-0.05, 0) is 36.8 Å². The van der Waals surface area contributed by atoms with Crippen molar-refractivity contribution in [3.05, 3.63) is 96.0 Å². The van der Waals surface area contributed by atoms with Crippen molar-refractivity contribution in [3.63, 3.8) is 0 Å². The Morgan fingerprint density at radius 3 is 2.41 bits per heavy atom. The van der Waals surface area contributed by atoms with Gasteiger partial charge in [0.2, 0.25) is 5.82 Å². The summed E-state index contributed by atoms with van der Waals surface area (Å²) in [7, 11) is 1.48. The van der Waals surface area contributed by atoms with Gasteiger partial charge >= 0.3 is 6.03 Å². The highest BCUT2D eigenvalue weighted by Crippen LogP contribution is 2.41. The van der Waals surface area contributed by atoms with Gasteiger partial charge in [0, 0.05) is 11.3 Å². The molecular formula is C26H22N4O4. The molecule has 5 rings (SSSR count). The van der Waals surface area contributed by atoms with Gasteiger partial charge in [0.1, 0.15) is 0 Å². The number of benzene rings is 3. The quantitative estimate of drug-likeness (QED) is 0.432. The van der Waals surface area contributed by atoms with Crippen molar-refractivity contribution >= 4 is 17.3 Å². The Bertz CT molecular complexity index is 1370. The van der Waals surface area contributed by atoms with Crippen molar-refractivity contribution in [3.8, 4) is 22.9 Å². The molecule has 0 aliphatic carbocycles. The number of nitrogens with one attached hydrogen (secondary N) is 1. The smallest absolute Gasteiger partial charge is 0.326 e. The second-order valence-electron chi connectivity index (χ2n) is 7.77. The fraction of sp³-hybridized carbons (Fsp3) is 0.115. The maximum Gasteiger partial charge on any atom is 0.326 e. The molecule has 8 heteroatoms. The largest absolute Gasteiger partial charge is 0.504 e. The number of methoxy groups -OCH3 is 1. The number of phenols is 1. The molecule has 34 heavy (non-hydrogen) atoms. The number of phenolic OH excluding ortho intramolecular Hbond substituents is 1. The SMILES string of the molecule is COc1ccc(C2NC(=O)N(c3ccccc3)C(C)=C2c2nc(-c3ccccc3)no2)cc1O. The van der Waals surface area contributed by atoms with Crippen LogP contribution in [0.1, 0.15) is 24.4 Å². The minimum Gasteiger partial charge on any atom is -0.504 e. The lowest BCUT2D eigenvalue weighted by Gasteiger charge is -2.35. The molecule has 170 valence electrons. The van der Waals surface area contributed by atoms with E-state index in [9.17, 15) is 9.90 Å². The molecule has 1 unspecified atom stereocenters. The summed E-state index contributed by atoms with van der Waals surface area (Å²) in [4.78, 5) is 19.4. The highest BCUT2D eigenvalue weighted by molar-refractivity contribution is 6.01. The molecular weight excluding hydrogens is 432 g/mol. The molecule has 4 aromatic rings. The fourth-order valence-electron chi connectivity index (χ4n) is 4.08. The Morgan fingerprint density at radius 1 is 1.03 bits per heavy atom. The third kappa shape index (κ3) is 3.75. The zero-order valence-corrected chi connectivity index (χ0v) is 18.6. The first-order valence-corrected chi connectivity index (χ1v) is 10.7. The summed E-state index contributed by atoms with van der Waals surface area (Å²) < 4.78 is 10.9. The van der Waals surface area contributed by atoms with Crippen LogP contribution in [0.25, 0.3) is 17.0 Å². The van der Waals surface area contributed by atoms with Crippen LogP contribution in [-0.2, 0) is 0 Å². The maximum atomic E-state index is 13.2. The van der Waals surface area contributed by atoms with Gasteiger partial charge in [-0.3, -0.25) is 4.90 Å². The lowest BCUT2D eigenvalue weighted by molar-refractivity contribution is 0.244. The topological polar surface area (TPSA) is 101 Å². The number of aromatic hydroxyl groups is 1. The first-order valence-electron chi connectivity index (χ1n) is 10.7. The Labute approximate surface area is 196 Å². The van der Waals surface area contributed by atoms with Gasteiger partial charge in [0.05, 0.1) is 24.4 Å². The van der Waals surface area contributed by atoms with E-state index in [-0.39, 0.29) is 17.7 Å². The standard InChI is InChI=1S/C26H22N4O4/c1-16-22(25-28-24(29-34-25)17-9-5-3-6-10-17)23(18-13-14-21(33-2)20(31)15-18)27-26(32)30(16)19-11-7-4-8-12-19/h3-15,23,31H,1-2H3,(H,27,32). The predicted octanol–water partition coefficient (Wildman–Crippen LogP) is 5.15. The number of amides is 2. The van der Waals surface area contributed by atoms with Crippen LogP contribution in [0.4, 0.5) is 10.5 Å². The number of nitrogens with zero attached hydrogens (tertiary/aromatic N) is 3. The van der Waals surface area contributed by atoms with Crippen LogP contribution in [0.3, 0.4) is 0 Å².